The van der Waals surface area contributed by atoms with Gasteiger partial charge in [-0.25, -0.2) is 0 Å². The van der Waals surface area contributed by atoms with E-state index >= 15 is 0 Å². The Morgan fingerprint density at radius 2 is 1.70 bits per heavy atom. The highest BCUT2D eigenvalue weighted by Gasteiger charge is 2.42. The fourth-order valence-electron chi connectivity index (χ4n) is 3.68. The van der Waals surface area contributed by atoms with Crippen LogP contribution in [0.2, 0.25) is 0 Å². The molecule has 5 heteroatoms. The molecule has 0 aromatic heterocycles. The first-order valence-corrected chi connectivity index (χ1v) is 7.90. The third-order valence-corrected chi connectivity index (χ3v) is 5.09. The first kappa shape index (κ1) is 14.3. The van der Waals surface area contributed by atoms with E-state index in [1.807, 2.05) is 4.90 Å². The number of likely N-dealkylation sites (tertiary alicyclic amines) is 1. The van der Waals surface area contributed by atoms with Crippen molar-refractivity contribution in [3.63, 3.8) is 0 Å². The number of carbonyl (C=O) groups is 1. The summed E-state index contributed by atoms with van der Waals surface area (Å²) >= 11 is 0. The van der Waals surface area contributed by atoms with Crippen LogP contribution in [0.3, 0.4) is 0 Å². The third-order valence-electron chi connectivity index (χ3n) is 5.09. The van der Waals surface area contributed by atoms with E-state index in [1.165, 1.54) is 0 Å². The number of amides is 1. The lowest BCUT2D eigenvalue weighted by Gasteiger charge is -2.38. The number of hydrogen-bond acceptors (Lipinski definition) is 4. The maximum absolute atomic E-state index is 12.5. The number of carbonyl (C=O) groups excluding carboxylic acids is 1. The van der Waals surface area contributed by atoms with Crippen LogP contribution in [0.15, 0.2) is 0 Å². The Morgan fingerprint density at radius 1 is 1.10 bits per heavy atom. The van der Waals surface area contributed by atoms with Crippen LogP contribution in [0.5, 0.6) is 0 Å². The molecule has 2 aliphatic heterocycles. The van der Waals surface area contributed by atoms with Gasteiger partial charge in [0.1, 0.15) is 0 Å². The summed E-state index contributed by atoms with van der Waals surface area (Å²) in [7, 11) is 0. The van der Waals surface area contributed by atoms with Gasteiger partial charge in [-0.3, -0.25) is 4.79 Å². The molecule has 0 bridgehead atoms. The SMILES string of the molecule is O=C(C1CCC2(CC1)OCCO2)N1CCC(CO)CC1. The van der Waals surface area contributed by atoms with Crippen molar-refractivity contribution >= 4 is 5.91 Å². The molecule has 3 aliphatic rings. The predicted molar refractivity (Wildman–Crippen MR) is 73.0 cm³/mol. The van der Waals surface area contributed by atoms with Crippen LogP contribution in [-0.4, -0.2) is 54.6 Å². The molecule has 0 aromatic carbocycles. The number of aliphatic hydroxyl groups excluding tert-OH is 1. The van der Waals surface area contributed by atoms with Gasteiger partial charge in [-0.15, -0.1) is 0 Å². The fourth-order valence-corrected chi connectivity index (χ4v) is 3.68. The van der Waals surface area contributed by atoms with E-state index in [1.54, 1.807) is 0 Å². The summed E-state index contributed by atoms with van der Waals surface area (Å²) in [5.41, 5.74) is 0. The molecule has 2 saturated heterocycles. The van der Waals surface area contributed by atoms with Gasteiger partial charge >= 0.3 is 0 Å². The number of ether oxygens (including phenoxy) is 2. The predicted octanol–water partition coefficient (Wildman–Crippen LogP) is 1.15. The molecule has 1 spiro atoms. The summed E-state index contributed by atoms with van der Waals surface area (Å²) in [5.74, 6) is 0.447. The van der Waals surface area contributed by atoms with Crippen LogP contribution in [0.25, 0.3) is 0 Å². The average Bonchev–Trinajstić information content (AvgIpc) is 2.96. The lowest BCUT2D eigenvalue weighted by atomic mass is 9.83. The Kier molecular flexibility index (Phi) is 4.29. The largest absolute Gasteiger partial charge is 0.396 e. The number of rotatable bonds is 2. The Bertz CT molecular complexity index is 336. The average molecular weight is 283 g/mol. The van der Waals surface area contributed by atoms with Crippen molar-refractivity contribution in [2.75, 3.05) is 32.9 Å². The highest BCUT2D eigenvalue weighted by molar-refractivity contribution is 5.79. The molecule has 0 atom stereocenters. The van der Waals surface area contributed by atoms with Crippen molar-refractivity contribution in [1.29, 1.82) is 0 Å². The van der Waals surface area contributed by atoms with Gasteiger partial charge in [-0.1, -0.05) is 0 Å². The zero-order valence-corrected chi connectivity index (χ0v) is 12.1. The molecular weight excluding hydrogens is 258 g/mol. The lowest BCUT2D eigenvalue weighted by Crippen LogP contribution is -2.45. The van der Waals surface area contributed by atoms with Crippen LogP contribution in [0.1, 0.15) is 38.5 Å². The number of aliphatic hydroxyl groups is 1. The Labute approximate surface area is 120 Å². The summed E-state index contributed by atoms with van der Waals surface area (Å²) in [4.78, 5) is 14.5. The van der Waals surface area contributed by atoms with E-state index in [4.69, 9.17) is 14.6 Å². The molecular formula is C15H25NO4. The second-order valence-electron chi connectivity index (χ2n) is 6.33. The van der Waals surface area contributed by atoms with Gasteiger partial charge in [0.2, 0.25) is 5.91 Å². The smallest absolute Gasteiger partial charge is 0.225 e. The minimum Gasteiger partial charge on any atom is -0.396 e. The quantitative estimate of drug-likeness (QED) is 0.826. The molecule has 2 heterocycles. The summed E-state index contributed by atoms with van der Waals surface area (Å²) in [6, 6.07) is 0. The highest BCUT2D eigenvalue weighted by atomic mass is 16.7. The highest BCUT2D eigenvalue weighted by Crippen LogP contribution is 2.39. The van der Waals surface area contributed by atoms with Crippen molar-refractivity contribution in [3.05, 3.63) is 0 Å². The Morgan fingerprint density at radius 3 is 2.25 bits per heavy atom. The number of piperidine rings is 1. The first-order chi connectivity index (χ1) is 9.72. The molecule has 0 radical (unpaired) electrons. The fraction of sp³-hybridized carbons (Fsp3) is 0.933. The maximum Gasteiger partial charge on any atom is 0.225 e. The Balaban J connectivity index is 1.49. The normalized spacial score (nSPS) is 28.1. The number of nitrogens with zero attached hydrogens (tertiary/aromatic N) is 1. The van der Waals surface area contributed by atoms with Crippen molar-refractivity contribution in [3.8, 4) is 0 Å². The van der Waals surface area contributed by atoms with Crippen LogP contribution in [0.4, 0.5) is 0 Å². The number of hydrogen-bond donors (Lipinski definition) is 1. The molecule has 20 heavy (non-hydrogen) atoms. The van der Waals surface area contributed by atoms with Gasteiger partial charge in [0.15, 0.2) is 5.79 Å². The molecule has 1 saturated carbocycles. The third kappa shape index (κ3) is 2.85. The molecule has 3 rings (SSSR count). The van der Waals surface area contributed by atoms with Gasteiger partial charge < -0.3 is 19.5 Å². The maximum atomic E-state index is 12.5. The van der Waals surface area contributed by atoms with Gasteiger partial charge in [-0.2, -0.15) is 0 Å². The molecule has 0 aromatic rings. The Hall–Kier alpha value is -0.650. The van der Waals surface area contributed by atoms with E-state index in [0.29, 0.717) is 25.0 Å². The molecule has 3 fully saturated rings. The van der Waals surface area contributed by atoms with Crippen molar-refractivity contribution in [2.24, 2.45) is 11.8 Å². The van der Waals surface area contributed by atoms with E-state index in [-0.39, 0.29) is 18.3 Å². The second kappa shape index (κ2) is 6.00. The monoisotopic (exact) mass is 283 g/mol. The molecule has 1 N–H and O–H groups in total. The summed E-state index contributed by atoms with van der Waals surface area (Å²) in [6.07, 6.45) is 5.31. The van der Waals surface area contributed by atoms with E-state index in [0.717, 1.165) is 51.6 Å². The van der Waals surface area contributed by atoms with Gasteiger partial charge in [0, 0.05) is 38.5 Å². The minimum absolute atomic E-state index is 0.138. The van der Waals surface area contributed by atoms with Crippen LogP contribution < -0.4 is 0 Å². The van der Waals surface area contributed by atoms with Gasteiger partial charge in [-0.05, 0) is 31.6 Å². The molecule has 1 amide bonds. The minimum atomic E-state index is -0.374. The summed E-state index contributed by atoms with van der Waals surface area (Å²) in [6.45, 7) is 3.24. The first-order valence-electron chi connectivity index (χ1n) is 7.90. The van der Waals surface area contributed by atoms with Crippen molar-refractivity contribution in [2.45, 2.75) is 44.3 Å². The zero-order chi connectivity index (χ0) is 14.0. The summed E-state index contributed by atoms with van der Waals surface area (Å²) < 4.78 is 11.4. The van der Waals surface area contributed by atoms with E-state index in [9.17, 15) is 4.79 Å². The topological polar surface area (TPSA) is 59.0 Å². The van der Waals surface area contributed by atoms with Crippen molar-refractivity contribution < 1.29 is 19.4 Å². The molecule has 114 valence electrons. The van der Waals surface area contributed by atoms with Gasteiger partial charge in [0.25, 0.3) is 0 Å². The molecule has 5 nitrogen and oxygen atoms in total. The second-order valence-corrected chi connectivity index (χ2v) is 6.33. The zero-order valence-electron chi connectivity index (χ0n) is 12.1. The molecule has 0 unspecified atom stereocenters. The molecule has 1 aliphatic carbocycles. The van der Waals surface area contributed by atoms with Gasteiger partial charge in [0.05, 0.1) is 13.2 Å². The van der Waals surface area contributed by atoms with E-state index < -0.39 is 0 Å². The summed E-state index contributed by atoms with van der Waals surface area (Å²) in [5, 5.41) is 9.15. The van der Waals surface area contributed by atoms with Crippen LogP contribution in [-0.2, 0) is 14.3 Å². The van der Waals surface area contributed by atoms with Crippen LogP contribution in [0, 0.1) is 11.8 Å². The van der Waals surface area contributed by atoms with E-state index in [2.05, 4.69) is 0 Å². The van der Waals surface area contributed by atoms with Crippen molar-refractivity contribution in [1.82, 2.24) is 4.90 Å². The van der Waals surface area contributed by atoms with Crippen LogP contribution >= 0.6 is 0 Å². The lowest BCUT2D eigenvalue weighted by molar-refractivity contribution is -0.185. The standard InChI is InChI=1S/C15H25NO4/c17-11-12-3-7-16(8-4-12)14(18)13-1-5-15(6-2-13)19-9-10-20-15/h12-13,17H,1-11H2.